The molecule has 1 saturated heterocycles. The van der Waals surface area contributed by atoms with E-state index < -0.39 is 9.04 Å². The standard InChI is InChI=1S/C7H16OS2Si/c9-5-7(10)6-11-4-2-1-3-8-11/h7,9-11H,1-6H2. The smallest absolute Gasteiger partial charge is 0.178 e. The first-order valence-corrected chi connectivity index (χ1v) is 7.49. The summed E-state index contributed by atoms with van der Waals surface area (Å²) in [7, 11) is -0.827. The first-order valence-electron chi connectivity index (χ1n) is 4.23. The third kappa shape index (κ3) is 3.87. The Bertz CT molecular complexity index is 107. The molecular weight excluding hydrogens is 192 g/mol. The lowest BCUT2D eigenvalue weighted by Gasteiger charge is -2.22. The van der Waals surface area contributed by atoms with E-state index in [0.717, 1.165) is 12.4 Å². The van der Waals surface area contributed by atoms with Gasteiger partial charge in [0.1, 0.15) is 0 Å². The normalized spacial score (nSPS) is 28.4. The van der Waals surface area contributed by atoms with Crippen LogP contribution in [0.1, 0.15) is 12.8 Å². The Labute approximate surface area is 81.4 Å². The van der Waals surface area contributed by atoms with Gasteiger partial charge in [-0.1, -0.05) is 6.42 Å². The molecule has 0 spiro atoms. The lowest BCUT2D eigenvalue weighted by Crippen LogP contribution is -2.26. The third-order valence-electron chi connectivity index (χ3n) is 2.02. The van der Waals surface area contributed by atoms with Gasteiger partial charge in [0.2, 0.25) is 0 Å². The fraction of sp³-hybridized carbons (Fsp3) is 1.00. The van der Waals surface area contributed by atoms with Crippen LogP contribution in [0.15, 0.2) is 0 Å². The molecule has 11 heavy (non-hydrogen) atoms. The summed E-state index contributed by atoms with van der Waals surface area (Å²) in [5.41, 5.74) is 0. The minimum absolute atomic E-state index is 0.466. The summed E-state index contributed by atoms with van der Waals surface area (Å²) in [5, 5.41) is 0.466. The Morgan fingerprint density at radius 1 is 1.45 bits per heavy atom. The van der Waals surface area contributed by atoms with Gasteiger partial charge >= 0.3 is 0 Å². The van der Waals surface area contributed by atoms with Gasteiger partial charge in [0, 0.05) is 17.6 Å². The van der Waals surface area contributed by atoms with Crippen molar-refractivity contribution in [3.63, 3.8) is 0 Å². The SMILES string of the molecule is SCC(S)C[SiH]1CCCCO1. The molecule has 0 aromatic rings. The number of thiol groups is 2. The minimum atomic E-state index is -0.827. The first-order chi connectivity index (χ1) is 5.33. The van der Waals surface area contributed by atoms with Crippen molar-refractivity contribution >= 4 is 34.3 Å². The van der Waals surface area contributed by atoms with Crippen LogP contribution in [0.25, 0.3) is 0 Å². The van der Waals surface area contributed by atoms with Crippen LogP contribution in [-0.4, -0.2) is 26.6 Å². The highest BCUT2D eigenvalue weighted by molar-refractivity contribution is 7.84. The van der Waals surface area contributed by atoms with Crippen LogP contribution in [0.5, 0.6) is 0 Å². The van der Waals surface area contributed by atoms with Crippen LogP contribution < -0.4 is 0 Å². The Balaban J connectivity index is 2.13. The van der Waals surface area contributed by atoms with Gasteiger partial charge in [-0.15, -0.1) is 0 Å². The van der Waals surface area contributed by atoms with Crippen molar-refractivity contribution < 1.29 is 4.43 Å². The van der Waals surface area contributed by atoms with Crippen molar-refractivity contribution in [1.29, 1.82) is 0 Å². The largest absolute Gasteiger partial charge is 0.420 e. The zero-order valence-corrected chi connectivity index (χ0v) is 9.64. The van der Waals surface area contributed by atoms with Gasteiger partial charge in [-0.05, 0) is 18.5 Å². The van der Waals surface area contributed by atoms with Gasteiger partial charge in [-0.2, -0.15) is 25.3 Å². The molecule has 0 amide bonds. The maximum Gasteiger partial charge on any atom is 0.178 e. The van der Waals surface area contributed by atoms with E-state index in [9.17, 15) is 0 Å². The van der Waals surface area contributed by atoms with Gasteiger partial charge in [-0.25, -0.2) is 0 Å². The van der Waals surface area contributed by atoms with Gasteiger partial charge < -0.3 is 4.43 Å². The van der Waals surface area contributed by atoms with Gasteiger partial charge in [0.25, 0.3) is 0 Å². The lowest BCUT2D eigenvalue weighted by molar-refractivity contribution is 0.286. The van der Waals surface area contributed by atoms with E-state index in [4.69, 9.17) is 4.43 Å². The van der Waals surface area contributed by atoms with Crippen LogP contribution in [0.3, 0.4) is 0 Å². The number of rotatable bonds is 3. The van der Waals surface area contributed by atoms with E-state index in [1.54, 1.807) is 0 Å². The van der Waals surface area contributed by atoms with Crippen molar-refractivity contribution in [2.75, 3.05) is 12.4 Å². The molecule has 2 unspecified atom stereocenters. The topological polar surface area (TPSA) is 9.23 Å². The molecule has 0 N–H and O–H groups in total. The average Bonchev–Trinajstić information content (AvgIpc) is 2.06. The molecular formula is C7H16OS2Si. The first kappa shape index (κ1) is 9.96. The second-order valence-electron chi connectivity index (χ2n) is 3.06. The molecule has 0 radical (unpaired) electrons. The van der Waals surface area contributed by atoms with Crippen molar-refractivity contribution in [2.45, 2.75) is 30.2 Å². The summed E-state index contributed by atoms with van der Waals surface area (Å²) in [6.45, 7) is 1.00. The highest BCUT2D eigenvalue weighted by atomic mass is 32.1. The van der Waals surface area contributed by atoms with E-state index in [1.807, 2.05) is 0 Å². The zero-order valence-electron chi connectivity index (χ0n) is 6.70. The van der Waals surface area contributed by atoms with E-state index in [1.165, 1.54) is 24.9 Å². The molecule has 4 heteroatoms. The highest BCUT2D eigenvalue weighted by Gasteiger charge is 2.18. The molecule has 0 saturated carbocycles. The number of hydrogen-bond acceptors (Lipinski definition) is 3. The average molecular weight is 208 g/mol. The Hall–Kier alpha value is 0.877. The van der Waals surface area contributed by atoms with Crippen molar-refractivity contribution in [3.05, 3.63) is 0 Å². The molecule has 66 valence electrons. The Kier molecular flexibility index (Phi) is 4.99. The molecule has 1 rings (SSSR count). The summed E-state index contributed by atoms with van der Waals surface area (Å²) in [4.78, 5) is 0. The molecule has 0 aromatic carbocycles. The number of hydrogen-bond donors (Lipinski definition) is 2. The fourth-order valence-electron chi connectivity index (χ4n) is 1.37. The summed E-state index contributed by atoms with van der Waals surface area (Å²) in [6, 6.07) is 2.55. The molecule has 0 aliphatic carbocycles. The van der Waals surface area contributed by atoms with Crippen LogP contribution in [-0.2, 0) is 4.43 Å². The maximum atomic E-state index is 5.71. The van der Waals surface area contributed by atoms with E-state index >= 15 is 0 Å². The van der Waals surface area contributed by atoms with Crippen molar-refractivity contribution in [1.82, 2.24) is 0 Å². The predicted octanol–water partition coefficient (Wildman–Crippen LogP) is 1.75. The zero-order chi connectivity index (χ0) is 8.10. The van der Waals surface area contributed by atoms with Gasteiger partial charge in [-0.3, -0.25) is 0 Å². The van der Waals surface area contributed by atoms with Gasteiger partial charge in [0.05, 0.1) is 0 Å². The van der Waals surface area contributed by atoms with Crippen LogP contribution in [0, 0.1) is 0 Å². The van der Waals surface area contributed by atoms with Gasteiger partial charge in [0.15, 0.2) is 9.04 Å². The molecule has 1 fully saturated rings. The molecule has 1 nitrogen and oxygen atoms in total. The lowest BCUT2D eigenvalue weighted by atomic mass is 10.4. The summed E-state index contributed by atoms with van der Waals surface area (Å²) in [5.74, 6) is 0.885. The van der Waals surface area contributed by atoms with E-state index in [0.29, 0.717) is 5.25 Å². The molecule has 1 aliphatic heterocycles. The van der Waals surface area contributed by atoms with Crippen LogP contribution in [0.2, 0.25) is 12.1 Å². The second-order valence-corrected chi connectivity index (χ2v) is 6.78. The minimum Gasteiger partial charge on any atom is -0.420 e. The van der Waals surface area contributed by atoms with E-state index in [-0.39, 0.29) is 0 Å². The van der Waals surface area contributed by atoms with Crippen molar-refractivity contribution in [2.24, 2.45) is 0 Å². The summed E-state index contributed by atoms with van der Waals surface area (Å²) >= 11 is 8.62. The molecule has 2 atom stereocenters. The van der Waals surface area contributed by atoms with E-state index in [2.05, 4.69) is 25.3 Å². The maximum absolute atomic E-state index is 5.71. The summed E-state index contributed by atoms with van der Waals surface area (Å²) in [6.07, 6.45) is 2.64. The predicted molar refractivity (Wildman–Crippen MR) is 58.6 cm³/mol. The Morgan fingerprint density at radius 3 is 2.82 bits per heavy atom. The van der Waals surface area contributed by atoms with Crippen molar-refractivity contribution in [3.8, 4) is 0 Å². The molecule has 0 bridgehead atoms. The highest BCUT2D eigenvalue weighted by Crippen LogP contribution is 2.18. The quantitative estimate of drug-likeness (QED) is 0.531. The fourth-order valence-corrected chi connectivity index (χ4v) is 5.06. The monoisotopic (exact) mass is 208 g/mol. The molecule has 1 aliphatic rings. The second kappa shape index (κ2) is 5.51. The van der Waals surface area contributed by atoms with Crippen LogP contribution >= 0.6 is 25.3 Å². The molecule has 1 heterocycles. The summed E-state index contributed by atoms with van der Waals surface area (Å²) < 4.78 is 5.71. The molecule has 0 aromatic heterocycles. The Morgan fingerprint density at radius 2 is 2.27 bits per heavy atom. The third-order valence-corrected chi connectivity index (χ3v) is 6.39. The van der Waals surface area contributed by atoms with Crippen LogP contribution in [0.4, 0.5) is 0 Å².